The fraction of sp³-hybridized carbons (Fsp3) is 1.00. The molecule has 0 aliphatic carbocycles. The van der Waals surface area contributed by atoms with Crippen LogP contribution < -0.4 is 0 Å². The summed E-state index contributed by atoms with van der Waals surface area (Å²) in [7, 11) is 0. The summed E-state index contributed by atoms with van der Waals surface area (Å²) in [4.78, 5) is 9.81. The minimum Gasteiger partial charge on any atom is -0.360 e. The Bertz CT molecular complexity index is 83.4. The number of nitrogens with zero attached hydrogens (tertiary/aromatic N) is 1. The van der Waals surface area contributed by atoms with E-state index in [4.69, 9.17) is 4.74 Å². The summed E-state index contributed by atoms with van der Waals surface area (Å²) >= 11 is 2.85. The van der Waals surface area contributed by atoms with Crippen molar-refractivity contribution in [1.82, 2.24) is 0 Å². The molecule has 0 aromatic heterocycles. The number of thioether (sulfide) groups is 2. The lowest BCUT2D eigenvalue weighted by atomic mass is 11.4. The van der Waals surface area contributed by atoms with Gasteiger partial charge in [-0.15, -0.1) is 4.91 Å². The van der Waals surface area contributed by atoms with Gasteiger partial charge in [0.1, 0.15) is 0 Å². The van der Waals surface area contributed by atoms with Crippen molar-refractivity contribution in [2.45, 2.75) is 4.71 Å². The van der Waals surface area contributed by atoms with E-state index < -0.39 is 0 Å². The van der Waals surface area contributed by atoms with Crippen molar-refractivity contribution >= 4 is 23.5 Å². The van der Waals surface area contributed by atoms with Crippen LogP contribution >= 0.6 is 23.5 Å². The largest absolute Gasteiger partial charge is 0.360 e. The average Bonchev–Trinajstić information content (AvgIpc) is 1.90. The second-order valence-corrected chi connectivity index (χ2v) is 3.52. The number of hydrogen-bond acceptors (Lipinski definition) is 5. The van der Waals surface area contributed by atoms with Crippen LogP contribution in [0, 0.1) is 4.91 Å². The molecule has 1 fully saturated rings. The van der Waals surface area contributed by atoms with E-state index in [-0.39, 0.29) is 4.71 Å². The molecule has 0 radical (unpaired) electrons. The van der Waals surface area contributed by atoms with Gasteiger partial charge in [-0.25, -0.2) is 0 Å². The van der Waals surface area contributed by atoms with Crippen LogP contribution in [0.3, 0.4) is 0 Å². The fourth-order valence-corrected chi connectivity index (χ4v) is 1.89. The predicted molar refractivity (Wildman–Crippen MR) is 35.6 cm³/mol. The summed E-state index contributed by atoms with van der Waals surface area (Å²) in [6.07, 6.45) is 0. The zero-order chi connectivity index (χ0) is 5.82. The second-order valence-electron chi connectivity index (χ2n) is 1.19. The molecular formula is C3H5NO2S2. The van der Waals surface area contributed by atoms with Gasteiger partial charge in [-0.05, 0) is 5.18 Å². The van der Waals surface area contributed by atoms with Crippen LogP contribution in [0.25, 0.3) is 0 Å². The molecule has 0 atom stereocenters. The third-order valence-electron chi connectivity index (χ3n) is 0.674. The Morgan fingerprint density at radius 2 is 2.12 bits per heavy atom. The van der Waals surface area contributed by atoms with Crippen LogP contribution in [-0.2, 0) is 4.74 Å². The Morgan fingerprint density at radius 1 is 1.50 bits per heavy atom. The summed E-state index contributed by atoms with van der Waals surface area (Å²) < 4.78 is 4.79. The monoisotopic (exact) mass is 151 g/mol. The highest BCUT2D eigenvalue weighted by Gasteiger charge is 2.13. The predicted octanol–water partition coefficient (Wildman–Crippen LogP) is 1.45. The highest BCUT2D eigenvalue weighted by Crippen LogP contribution is 2.29. The maximum absolute atomic E-state index is 9.81. The Hall–Kier alpha value is 0.260. The van der Waals surface area contributed by atoms with Gasteiger partial charge in [0.15, 0.2) is 4.71 Å². The van der Waals surface area contributed by atoms with Gasteiger partial charge in [-0.1, -0.05) is 23.5 Å². The van der Waals surface area contributed by atoms with E-state index in [1.807, 2.05) is 0 Å². The average molecular weight is 151 g/mol. The van der Waals surface area contributed by atoms with Crippen molar-refractivity contribution in [3.63, 3.8) is 0 Å². The molecule has 1 saturated heterocycles. The van der Waals surface area contributed by atoms with Gasteiger partial charge < -0.3 is 4.74 Å². The van der Waals surface area contributed by atoms with Gasteiger partial charge >= 0.3 is 0 Å². The number of ether oxygens (including phenoxy) is 1. The standard InChI is InChI=1S/C3H5NO2S2/c5-4-3-7-1-6-2-8-3/h3H,1-2H2. The highest BCUT2D eigenvalue weighted by atomic mass is 32.2. The van der Waals surface area contributed by atoms with Gasteiger partial charge in [0.05, 0.1) is 11.9 Å². The lowest BCUT2D eigenvalue weighted by Gasteiger charge is -2.13. The molecule has 5 heteroatoms. The highest BCUT2D eigenvalue weighted by molar-refractivity contribution is 8.17. The smallest absolute Gasteiger partial charge is 0.187 e. The molecule has 0 aromatic carbocycles. The molecule has 46 valence electrons. The third-order valence-corrected chi connectivity index (χ3v) is 2.84. The lowest BCUT2D eigenvalue weighted by molar-refractivity contribution is 0.237. The van der Waals surface area contributed by atoms with Crippen molar-refractivity contribution in [2.75, 3.05) is 11.9 Å². The SMILES string of the molecule is O=NC1SCOCS1. The van der Waals surface area contributed by atoms with E-state index in [0.29, 0.717) is 11.9 Å². The van der Waals surface area contributed by atoms with Gasteiger partial charge in [0, 0.05) is 0 Å². The van der Waals surface area contributed by atoms with Gasteiger partial charge in [0.25, 0.3) is 0 Å². The molecule has 1 aliphatic rings. The van der Waals surface area contributed by atoms with Crippen LogP contribution in [0.5, 0.6) is 0 Å². The van der Waals surface area contributed by atoms with Crippen molar-refractivity contribution in [1.29, 1.82) is 0 Å². The number of rotatable bonds is 1. The number of hydrogen-bond donors (Lipinski definition) is 0. The quantitative estimate of drug-likeness (QED) is 0.532. The second kappa shape index (κ2) is 3.32. The first-order chi connectivity index (χ1) is 3.93. The van der Waals surface area contributed by atoms with E-state index in [1.165, 1.54) is 23.5 Å². The van der Waals surface area contributed by atoms with E-state index in [0.717, 1.165) is 0 Å². The first kappa shape index (κ1) is 6.38. The summed E-state index contributed by atoms with van der Waals surface area (Å²) in [5.41, 5.74) is 0. The van der Waals surface area contributed by atoms with E-state index >= 15 is 0 Å². The topological polar surface area (TPSA) is 38.7 Å². The molecule has 8 heavy (non-hydrogen) atoms. The van der Waals surface area contributed by atoms with Gasteiger partial charge in [-0.2, -0.15) is 0 Å². The molecule has 1 heterocycles. The zero-order valence-electron chi connectivity index (χ0n) is 4.07. The van der Waals surface area contributed by atoms with Crippen LogP contribution in [0.4, 0.5) is 0 Å². The zero-order valence-corrected chi connectivity index (χ0v) is 5.70. The van der Waals surface area contributed by atoms with Crippen LogP contribution in [0.1, 0.15) is 0 Å². The molecular weight excluding hydrogens is 146 g/mol. The molecule has 1 rings (SSSR count). The maximum atomic E-state index is 9.81. The normalized spacial score (nSPS) is 23.0. The molecule has 0 bridgehead atoms. The van der Waals surface area contributed by atoms with Crippen LogP contribution in [0.15, 0.2) is 5.18 Å². The minimum atomic E-state index is -0.135. The van der Waals surface area contributed by atoms with Gasteiger partial charge in [0.2, 0.25) is 0 Å². The molecule has 0 aromatic rings. The first-order valence-electron chi connectivity index (χ1n) is 2.07. The fourth-order valence-electron chi connectivity index (χ4n) is 0.356. The van der Waals surface area contributed by atoms with Crippen molar-refractivity contribution < 1.29 is 4.74 Å². The minimum absolute atomic E-state index is 0.135. The van der Waals surface area contributed by atoms with Crippen molar-refractivity contribution in [3.8, 4) is 0 Å². The van der Waals surface area contributed by atoms with E-state index in [1.54, 1.807) is 0 Å². The Morgan fingerprint density at radius 3 is 2.50 bits per heavy atom. The lowest BCUT2D eigenvalue weighted by Crippen LogP contribution is -2.05. The Kier molecular flexibility index (Phi) is 2.65. The molecule has 1 aliphatic heterocycles. The Labute approximate surface area is 55.5 Å². The molecule has 0 amide bonds. The molecule has 0 spiro atoms. The van der Waals surface area contributed by atoms with Crippen LogP contribution in [0.2, 0.25) is 0 Å². The molecule has 0 unspecified atom stereocenters. The third kappa shape index (κ3) is 1.65. The van der Waals surface area contributed by atoms with Crippen molar-refractivity contribution in [2.24, 2.45) is 5.18 Å². The van der Waals surface area contributed by atoms with Gasteiger partial charge in [-0.3, -0.25) is 0 Å². The summed E-state index contributed by atoms with van der Waals surface area (Å²) in [6, 6.07) is 0. The van der Waals surface area contributed by atoms with E-state index in [9.17, 15) is 4.91 Å². The summed E-state index contributed by atoms with van der Waals surface area (Å²) in [5, 5.41) is 2.84. The summed E-state index contributed by atoms with van der Waals surface area (Å²) in [5.74, 6) is 1.20. The maximum Gasteiger partial charge on any atom is 0.187 e. The Balaban J connectivity index is 2.22. The summed E-state index contributed by atoms with van der Waals surface area (Å²) in [6.45, 7) is 0. The molecule has 0 N–H and O–H groups in total. The molecule has 0 saturated carbocycles. The van der Waals surface area contributed by atoms with E-state index in [2.05, 4.69) is 5.18 Å². The van der Waals surface area contributed by atoms with Crippen LogP contribution in [-0.4, -0.2) is 16.6 Å². The number of nitroso groups, excluding NO2 is 1. The molecule has 3 nitrogen and oxygen atoms in total. The van der Waals surface area contributed by atoms with Crippen molar-refractivity contribution in [3.05, 3.63) is 4.91 Å². The first-order valence-corrected chi connectivity index (χ1v) is 4.16.